The first-order valence-corrected chi connectivity index (χ1v) is 11.5. The van der Waals surface area contributed by atoms with Crippen molar-refractivity contribution in [2.45, 2.75) is 71.2 Å². The summed E-state index contributed by atoms with van der Waals surface area (Å²) >= 11 is 0. The van der Waals surface area contributed by atoms with Crippen molar-refractivity contribution in [3.8, 4) is 5.75 Å². The van der Waals surface area contributed by atoms with Gasteiger partial charge in [-0.15, -0.1) is 0 Å². The van der Waals surface area contributed by atoms with Gasteiger partial charge in [0.2, 0.25) is 0 Å². The Kier molecular flexibility index (Phi) is 8.23. The number of nitrogens with one attached hydrogen (secondary N) is 2. The minimum atomic E-state index is -0.492. The molecule has 1 aromatic rings. The van der Waals surface area contributed by atoms with Crippen LogP contribution in [-0.2, 0) is 16.0 Å². The van der Waals surface area contributed by atoms with Crippen LogP contribution in [0.5, 0.6) is 5.75 Å². The summed E-state index contributed by atoms with van der Waals surface area (Å²) in [6, 6.07) is 6.52. The van der Waals surface area contributed by atoms with Crippen LogP contribution in [0, 0.1) is 6.92 Å². The van der Waals surface area contributed by atoms with Gasteiger partial charge in [-0.3, -0.25) is 4.99 Å². The van der Waals surface area contributed by atoms with Crippen LogP contribution in [0.3, 0.4) is 0 Å². The Morgan fingerprint density at radius 2 is 2.03 bits per heavy atom. The molecule has 1 aliphatic carbocycles. The number of hydrogen-bond acceptors (Lipinski definition) is 5. The van der Waals surface area contributed by atoms with Crippen LogP contribution in [0.1, 0.15) is 51.2 Å². The van der Waals surface area contributed by atoms with Crippen molar-refractivity contribution in [1.82, 2.24) is 15.5 Å². The first kappa shape index (κ1) is 24.2. The van der Waals surface area contributed by atoms with Crippen LogP contribution in [0.15, 0.2) is 23.2 Å². The number of benzene rings is 1. The summed E-state index contributed by atoms with van der Waals surface area (Å²) in [6.45, 7) is 10.9. The molecule has 3 rings (SSSR count). The second-order valence-corrected chi connectivity index (χ2v) is 9.47. The Hall–Kier alpha value is -2.48. The van der Waals surface area contributed by atoms with E-state index in [-0.39, 0.29) is 18.2 Å². The van der Waals surface area contributed by atoms with Crippen molar-refractivity contribution >= 4 is 12.1 Å². The molecule has 8 heteroatoms. The van der Waals surface area contributed by atoms with E-state index in [9.17, 15) is 4.79 Å². The molecule has 1 aromatic carbocycles. The Labute approximate surface area is 191 Å². The highest BCUT2D eigenvalue weighted by Gasteiger charge is 2.34. The van der Waals surface area contributed by atoms with Gasteiger partial charge in [-0.05, 0) is 52.2 Å². The van der Waals surface area contributed by atoms with Crippen LogP contribution in [-0.4, -0.2) is 68.1 Å². The number of carbonyl (C=O) groups excluding carboxylic acids is 1. The molecule has 1 unspecified atom stereocenters. The number of amides is 1. The minimum Gasteiger partial charge on any atom is -0.488 e. The van der Waals surface area contributed by atoms with E-state index in [1.165, 1.54) is 0 Å². The first-order chi connectivity index (χ1) is 15.2. The number of nitrogens with zero attached hydrogens (tertiary/aromatic N) is 2. The fraction of sp³-hybridized carbons (Fsp3) is 0.667. The van der Waals surface area contributed by atoms with Crippen molar-refractivity contribution in [1.29, 1.82) is 0 Å². The molecule has 32 heavy (non-hydrogen) atoms. The maximum absolute atomic E-state index is 12.5. The summed E-state index contributed by atoms with van der Waals surface area (Å²) in [4.78, 5) is 18.6. The lowest BCUT2D eigenvalue weighted by Crippen LogP contribution is -2.45. The van der Waals surface area contributed by atoms with Crippen LogP contribution in [0.4, 0.5) is 4.79 Å². The Morgan fingerprint density at radius 1 is 1.25 bits per heavy atom. The number of ether oxygens (including phenoxy) is 3. The van der Waals surface area contributed by atoms with E-state index in [1.807, 2.05) is 25.7 Å². The fourth-order valence-electron chi connectivity index (χ4n) is 3.53. The number of hydrogen-bond donors (Lipinski definition) is 2. The summed E-state index contributed by atoms with van der Waals surface area (Å²) in [5, 5.41) is 6.65. The standard InChI is InChI=1S/C24H38N4O4/c1-17-6-7-18(21(14-17)31-20-10-13-30-16-20)15-27-22(25-5)26-11-12-28(19-8-9-19)23(29)32-24(2,3)4/h6-7,14,19-20H,8-13,15-16H2,1-5H3,(H2,25,26,27). The lowest BCUT2D eigenvalue weighted by Gasteiger charge is -2.27. The highest BCUT2D eigenvalue weighted by atomic mass is 16.6. The van der Waals surface area contributed by atoms with Crippen molar-refractivity contribution in [2.75, 3.05) is 33.4 Å². The first-order valence-electron chi connectivity index (χ1n) is 11.5. The van der Waals surface area contributed by atoms with Gasteiger partial charge in [0.25, 0.3) is 0 Å². The number of aryl methyl sites for hydroxylation is 1. The predicted octanol–water partition coefficient (Wildman–Crippen LogP) is 3.23. The summed E-state index contributed by atoms with van der Waals surface area (Å²) in [7, 11) is 1.74. The van der Waals surface area contributed by atoms with Crippen LogP contribution >= 0.6 is 0 Å². The number of carbonyl (C=O) groups is 1. The minimum absolute atomic E-state index is 0.106. The number of aliphatic imine (C=N–C) groups is 1. The molecule has 1 saturated carbocycles. The van der Waals surface area contributed by atoms with E-state index >= 15 is 0 Å². The van der Waals surface area contributed by atoms with Crippen LogP contribution in [0.2, 0.25) is 0 Å². The zero-order valence-electron chi connectivity index (χ0n) is 20.1. The van der Waals surface area contributed by atoms with Crippen molar-refractivity contribution in [3.05, 3.63) is 29.3 Å². The monoisotopic (exact) mass is 446 g/mol. The molecule has 2 fully saturated rings. The van der Waals surface area contributed by atoms with Gasteiger partial charge in [0.05, 0.1) is 13.2 Å². The molecular weight excluding hydrogens is 408 g/mol. The molecule has 2 N–H and O–H groups in total. The molecule has 178 valence electrons. The molecule has 1 atom stereocenters. The molecule has 1 saturated heterocycles. The van der Waals surface area contributed by atoms with E-state index in [2.05, 4.69) is 40.7 Å². The van der Waals surface area contributed by atoms with Gasteiger partial charge < -0.3 is 29.7 Å². The third-order valence-corrected chi connectivity index (χ3v) is 5.33. The molecule has 1 amide bonds. The topological polar surface area (TPSA) is 84.4 Å². The van der Waals surface area contributed by atoms with E-state index < -0.39 is 5.60 Å². The number of guanidine groups is 1. The van der Waals surface area contributed by atoms with Crippen LogP contribution in [0.25, 0.3) is 0 Å². The zero-order chi connectivity index (χ0) is 23.1. The summed E-state index contributed by atoms with van der Waals surface area (Å²) in [5.74, 6) is 1.56. The van der Waals surface area contributed by atoms with Gasteiger partial charge in [-0.25, -0.2) is 4.79 Å². The highest BCUT2D eigenvalue weighted by molar-refractivity contribution is 5.79. The molecule has 1 aliphatic heterocycles. The second-order valence-electron chi connectivity index (χ2n) is 9.47. The van der Waals surface area contributed by atoms with Crippen molar-refractivity contribution < 1.29 is 19.0 Å². The molecule has 1 heterocycles. The highest BCUT2D eigenvalue weighted by Crippen LogP contribution is 2.28. The van der Waals surface area contributed by atoms with E-state index in [1.54, 1.807) is 7.05 Å². The van der Waals surface area contributed by atoms with Gasteiger partial charge in [0.15, 0.2) is 5.96 Å². The maximum Gasteiger partial charge on any atom is 0.410 e. The Morgan fingerprint density at radius 3 is 2.66 bits per heavy atom. The largest absolute Gasteiger partial charge is 0.488 e. The summed E-state index contributed by atoms with van der Waals surface area (Å²) in [6.07, 6.45) is 2.85. The van der Waals surface area contributed by atoms with E-state index in [0.29, 0.717) is 32.2 Å². The average molecular weight is 447 g/mol. The SMILES string of the molecule is CN=C(NCCN(C(=O)OC(C)(C)C)C1CC1)NCc1ccc(C)cc1OC1CCOC1. The predicted molar refractivity (Wildman–Crippen MR) is 125 cm³/mol. The zero-order valence-corrected chi connectivity index (χ0v) is 20.1. The Bertz CT molecular complexity index is 796. The Balaban J connectivity index is 1.50. The van der Waals surface area contributed by atoms with Gasteiger partial charge in [0.1, 0.15) is 17.5 Å². The van der Waals surface area contributed by atoms with Crippen molar-refractivity contribution in [2.24, 2.45) is 4.99 Å². The number of rotatable bonds is 8. The van der Waals surface area contributed by atoms with Gasteiger partial charge in [0, 0.05) is 44.7 Å². The molecule has 0 radical (unpaired) electrons. The van der Waals surface area contributed by atoms with Crippen LogP contribution < -0.4 is 15.4 Å². The van der Waals surface area contributed by atoms with Gasteiger partial charge in [-0.2, -0.15) is 0 Å². The van der Waals surface area contributed by atoms with Gasteiger partial charge in [-0.1, -0.05) is 12.1 Å². The summed E-state index contributed by atoms with van der Waals surface area (Å²) in [5.41, 5.74) is 1.74. The average Bonchev–Trinajstić information content (AvgIpc) is 3.42. The van der Waals surface area contributed by atoms with E-state index in [4.69, 9.17) is 14.2 Å². The lowest BCUT2D eigenvalue weighted by molar-refractivity contribution is 0.0238. The second kappa shape index (κ2) is 10.9. The molecule has 0 aromatic heterocycles. The van der Waals surface area contributed by atoms with E-state index in [0.717, 1.165) is 42.7 Å². The molecule has 8 nitrogen and oxygen atoms in total. The maximum atomic E-state index is 12.5. The summed E-state index contributed by atoms with van der Waals surface area (Å²) < 4.78 is 17.2. The molecule has 0 bridgehead atoms. The fourth-order valence-corrected chi connectivity index (χ4v) is 3.53. The van der Waals surface area contributed by atoms with Gasteiger partial charge >= 0.3 is 6.09 Å². The molecule has 0 spiro atoms. The molecule has 2 aliphatic rings. The molecular formula is C24H38N4O4. The lowest BCUT2D eigenvalue weighted by atomic mass is 10.1. The van der Waals surface area contributed by atoms with Crippen molar-refractivity contribution in [3.63, 3.8) is 0 Å². The quantitative estimate of drug-likeness (QED) is 0.471. The normalized spacial score (nSPS) is 18.9. The smallest absolute Gasteiger partial charge is 0.410 e. The third-order valence-electron chi connectivity index (χ3n) is 5.33. The third kappa shape index (κ3) is 7.58.